The Morgan fingerprint density at radius 3 is 2.62 bits per heavy atom. The molecule has 0 aliphatic carbocycles. The Balaban J connectivity index is 2.14. The van der Waals surface area contributed by atoms with E-state index in [1.807, 2.05) is 44.3 Å². The lowest BCUT2D eigenvalue weighted by molar-refractivity contribution is 0.345. The van der Waals surface area contributed by atoms with Crippen molar-refractivity contribution in [3.05, 3.63) is 36.1 Å². The highest BCUT2D eigenvalue weighted by atomic mass is 32.2. The number of benzene rings is 1. The van der Waals surface area contributed by atoms with Gasteiger partial charge >= 0.3 is 0 Å². The molecule has 2 aromatic rings. The summed E-state index contributed by atoms with van der Waals surface area (Å²) in [6, 6.07) is 8.53. The molecule has 0 fully saturated rings. The summed E-state index contributed by atoms with van der Waals surface area (Å²) < 4.78 is 19.7. The molecule has 116 valence electrons. The second-order valence-electron chi connectivity index (χ2n) is 6.47. The van der Waals surface area contributed by atoms with E-state index in [4.69, 9.17) is 4.42 Å². The Bertz CT molecular complexity index is 588. The summed E-state index contributed by atoms with van der Waals surface area (Å²) in [6.07, 6.45) is 3.59. The van der Waals surface area contributed by atoms with E-state index >= 15 is 0 Å². The fourth-order valence-electron chi connectivity index (χ4n) is 2.51. The van der Waals surface area contributed by atoms with Crippen LogP contribution in [0.2, 0.25) is 0 Å². The highest BCUT2D eigenvalue weighted by Gasteiger charge is 2.34. The molecule has 0 aliphatic heterocycles. The minimum Gasteiger partial charge on any atom is -0.598 e. The molecule has 1 heterocycles. The van der Waals surface area contributed by atoms with Gasteiger partial charge in [-0.25, -0.2) is 0 Å². The molecular formula is C17H25NO2S. The standard InChI is InChI=1S/C17H25NO2S/c1-6-15(18(5)21(19)17(2,3)4)12-13-7-8-16-14(11-13)9-10-20-16/h7-11,15H,6,12H2,1-5H3/t15?,21-/m0/s1. The Kier molecular flexibility index (Phi) is 5.02. The Hall–Kier alpha value is -0.970. The van der Waals surface area contributed by atoms with E-state index in [9.17, 15) is 4.55 Å². The molecule has 0 saturated heterocycles. The fraction of sp³-hybridized carbons (Fsp3) is 0.529. The van der Waals surface area contributed by atoms with E-state index in [2.05, 4.69) is 19.1 Å². The zero-order chi connectivity index (χ0) is 15.6. The third-order valence-corrected chi connectivity index (χ3v) is 5.63. The SMILES string of the molecule is CCC(Cc1ccc2occc2c1)N(C)[S@@+]([O-])C(C)(C)C. The molecule has 2 atom stereocenters. The quantitative estimate of drug-likeness (QED) is 0.779. The second kappa shape index (κ2) is 6.42. The van der Waals surface area contributed by atoms with Crippen LogP contribution in [0, 0.1) is 0 Å². The second-order valence-corrected chi connectivity index (χ2v) is 8.77. The van der Waals surface area contributed by atoms with E-state index in [0.29, 0.717) is 0 Å². The molecule has 0 radical (unpaired) electrons. The van der Waals surface area contributed by atoms with Crippen molar-refractivity contribution in [1.82, 2.24) is 4.31 Å². The van der Waals surface area contributed by atoms with E-state index in [1.54, 1.807) is 6.26 Å². The predicted octanol–water partition coefficient (Wildman–Crippen LogP) is 4.15. The summed E-state index contributed by atoms with van der Waals surface area (Å²) in [5, 5.41) is 1.13. The van der Waals surface area contributed by atoms with E-state index in [-0.39, 0.29) is 10.8 Å². The Morgan fingerprint density at radius 1 is 1.29 bits per heavy atom. The van der Waals surface area contributed by atoms with Crippen molar-refractivity contribution >= 4 is 22.3 Å². The van der Waals surface area contributed by atoms with Gasteiger partial charge in [-0.1, -0.05) is 13.0 Å². The molecule has 0 N–H and O–H groups in total. The van der Waals surface area contributed by atoms with E-state index in [1.165, 1.54) is 5.56 Å². The van der Waals surface area contributed by atoms with Crippen LogP contribution >= 0.6 is 0 Å². The number of hydrogen-bond acceptors (Lipinski definition) is 3. The van der Waals surface area contributed by atoms with Gasteiger partial charge in [0, 0.05) is 23.8 Å². The van der Waals surface area contributed by atoms with Crippen LogP contribution in [-0.2, 0) is 17.8 Å². The van der Waals surface area contributed by atoms with Crippen molar-refractivity contribution in [3.63, 3.8) is 0 Å². The maximum Gasteiger partial charge on any atom is 0.137 e. The summed E-state index contributed by atoms with van der Waals surface area (Å²) in [4.78, 5) is 0. The molecule has 0 spiro atoms. The van der Waals surface area contributed by atoms with Gasteiger partial charge in [-0.05, 0) is 57.4 Å². The molecule has 3 nitrogen and oxygen atoms in total. The average molecular weight is 307 g/mol. The Morgan fingerprint density at radius 2 is 2.00 bits per heavy atom. The molecule has 4 heteroatoms. The van der Waals surface area contributed by atoms with Crippen molar-refractivity contribution in [2.45, 2.75) is 51.3 Å². The van der Waals surface area contributed by atoms with Gasteiger partial charge in [0.15, 0.2) is 0 Å². The molecule has 2 rings (SSSR count). The summed E-state index contributed by atoms with van der Waals surface area (Å²) in [6.45, 7) is 8.20. The van der Waals surface area contributed by atoms with Crippen LogP contribution in [0.1, 0.15) is 39.7 Å². The third-order valence-electron chi connectivity index (χ3n) is 3.76. The van der Waals surface area contributed by atoms with Gasteiger partial charge in [-0.3, -0.25) is 0 Å². The minimum atomic E-state index is -0.990. The van der Waals surface area contributed by atoms with Gasteiger partial charge in [0.25, 0.3) is 0 Å². The van der Waals surface area contributed by atoms with Crippen LogP contribution in [-0.4, -0.2) is 26.7 Å². The highest BCUT2D eigenvalue weighted by Crippen LogP contribution is 2.25. The van der Waals surface area contributed by atoms with Crippen LogP contribution in [0.4, 0.5) is 0 Å². The Labute approximate surface area is 130 Å². The number of furan rings is 1. The molecular weight excluding hydrogens is 282 g/mol. The smallest absolute Gasteiger partial charge is 0.137 e. The van der Waals surface area contributed by atoms with Gasteiger partial charge in [0.1, 0.15) is 10.3 Å². The maximum absolute atomic E-state index is 12.5. The van der Waals surface area contributed by atoms with Crippen molar-refractivity contribution in [3.8, 4) is 0 Å². The molecule has 21 heavy (non-hydrogen) atoms. The van der Waals surface area contributed by atoms with Crippen molar-refractivity contribution in [2.24, 2.45) is 0 Å². The fourth-order valence-corrected chi connectivity index (χ4v) is 3.87. The van der Waals surface area contributed by atoms with Crippen LogP contribution in [0.15, 0.2) is 34.9 Å². The summed E-state index contributed by atoms with van der Waals surface area (Å²) in [5.41, 5.74) is 2.17. The van der Waals surface area contributed by atoms with Crippen LogP contribution in [0.5, 0.6) is 0 Å². The monoisotopic (exact) mass is 307 g/mol. The largest absolute Gasteiger partial charge is 0.598 e. The van der Waals surface area contributed by atoms with Crippen molar-refractivity contribution in [2.75, 3.05) is 7.05 Å². The topological polar surface area (TPSA) is 39.4 Å². The molecule has 0 aliphatic rings. The number of rotatable bonds is 5. The molecule has 1 unspecified atom stereocenters. The summed E-state index contributed by atoms with van der Waals surface area (Å²) in [7, 11) is 1.96. The number of nitrogens with zero attached hydrogens (tertiary/aromatic N) is 1. The zero-order valence-electron chi connectivity index (χ0n) is 13.6. The van der Waals surface area contributed by atoms with Crippen molar-refractivity contribution < 1.29 is 8.97 Å². The van der Waals surface area contributed by atoms with E-state index < -0.39 is 11.4 Å². The van der Waals surface area contributed by atoms with Crippen LogP contribution < -0.4 is 0 Å². The first-order valence-electron chi connectivity index (χ1n) is 7.44. The lowest BCUT2D eigenvalue weighted by Crippen LogP contribution is -2.46. The normalized spacial score (nSPS) is 15.6. The van der Waals surface area contributed by atoms with Gasteiger partial charge in [-0.15, -0.1) is 4.31 Å². The molecule has 0 amide bonds. The van der Waals surface area contributed by atoms with Gasteiger partial charge in [0.2, 0.25) is 0 Å². The van der Waals surface area contributed by atoms with Crippen LogP contribution in [0.3, 0.4) is 0 Å². The lowest BCUT2D eigenvalue weighted by Gasteiger charge is -2.34. The van der Waals surface area contributed by atoms with E-state index in [0.717, 1.165) is 23.8 Å². The molecule has 0 saturated carbocycles. The minimum absolute atomic E-state index is 0.226. The van der Waals surface area contributed by atoms with Crippen molar-refractivity contribution in [1.29, 1.82) is 0 Å². The average Bonchev–Trinajstić information content (AvgIpc) is 2.89. The molecule has 1 aromatic heterocycles. The first-order valence-corrected chi connectivity index (χ1v) is 8.54. The van der Waals surface area contributed by atoms with Gasteiger partial charge in [0.05, 0.1) is 12.3 Å². The number of hydrogen-bond donors (Lipinski definition) is 0. The molecule has 1 aromatic carbocycles. The first-order chi connectivity index (χ1) is 9.82. The first kappa shape index (κ1) is 16.4. The number of fused-ring (bicyclic) bond motifs is 1. The third kappa shape index (κ3) is 3.82. The maximum atomic E-state index is 12.5. The van der Waals surface area contributed by atoms with Crippen LogP contribution in [0.25, 0.3) is 11.0 Å². The summed E-state index contributed by atoms with van der Waals surface area (Å²) in [5.74, 6) is 0. The van der Waals surface area contributed by atoms with Gasteiger partial charge in [-0.2, -0.15) is 0 Å². The molecule has 0 bridgehead atoms. The highest BCUT2D eigenvalue weighted by molar-refractivity contribution is 7.90. The predicted molar refractivity (Wildman–Crippen MR) is 89.7 cm³/mol. The number of likely N-dealkylation sites (N-methyl/N-ethyl adjacent to an activating group) is 1. The van der Waals surface area contributed by atoms with Gasteiger partial charge < -0.3 is 8.97 Å². The zero-order valence-corrected chi connectivity index (χ0v) is 14.4. The lowest BCUT2D eigenvalue weighted by atomic mass is 10.0. The summed E-state index contributed by atoms with van der Waals surface area (Å²) >= 11 is -0.990.